The average molecular weight is 515 g/mol. The Balaban J connectivity index is 1.62. The Hall–Kier alpha value is -2.18. The van der Waals surface area contributed by atoms with E-state index < -0.39 is 0 Å². The minimum Gasteiger partial charge on any atom is -0.494 e. The molecule has 1 aliphatic rings. The second kappa shape index (κ2) is 10.6. The van der Waals surface area contributed by atoms with Crippen LogP contribution in [0.1, 0.15) is 49.8 Å². The van der Waals surface area contributed by atoms with Crippen molar-refractivity contribution in [3.63, 3.8) is 0 Å². The van der Waals surface area contributed by atoms with E-state index in [1.54, 1.807) is 23.9 Å². The molecule has 1 aliphatic heterocycles. The highest BCUT2D eigenvalue weighted by molar-refractivity contribution is 8.14. The first-order valence-electron chi connectivity index (χ1n) is 11.3. The molecule has 1 heterocycles. The van der Waals surface area contributed by atoms with Crippen molar-refractivity contribution in [2.75, 3.05) is 6.61 Å². The first-order valence-corrected chi connectivity index (χ1v) is 12.9. The number of hydrogen-bond acceptors (Lipinski definition) is 4. The Morgan fingerprint density at radius 1 is 1.00 bits per heavy atom. The third-order valence-corrected chi connectivity index (χ3v) is 7.36. The number of thioether (sulfide) groups is 1. The highest BCUT2D eigenvalue weighted by Crippen LogP contribution is 2.38. The van der Waals surface area contributed by atoms with E-state index in [9.17, 15) is 0 Å². The molecular formula is C27H29Cl2N3OS. The molecule has 34 heavy (non-hydrogen) atoms. The van der Waals surface area contributed by atoms with E-state index in [2.05, 4.69) is 67.6 Å². The molecule has 0 amide bonds. The third kappa shape index (κ3) is 6.08. The van der Waals surface area contributed by atoms with Gasteiger partial charge in [0.1, 0.15) is 11.1 Å². The number of nitrogens with one attached hydrogen (secondary N) is 1. The van der Waals surface area contributed by atoms with E-state index in [-0.39, 0.29) is 10.8 Å². The zero-order valence-corrected chi connectivity index (χ0v) is 22.1. The van der Waals surface area contributed by atoms with E-state index in [0.29, 0.717) is 23.2 Å². The average Bonchev–Trinajstić information content (AvgIpc) is 3.19. The van der Waals surface area contributed by atoms with Crippen LogP contribution in [0.4, 0.5) is 5.69 Å². The third-order valence-electron chi connectivity index (χ3n) is 5.49. The maximum atomic E-state index is 6.24. The van der Waals surface area contributed by atoms with Gasteiger partial charge in [0.05, 0.1) is 28.9 Å². The number of ether oxygens (including phenoxy) is 1. The molecule has 0 aliphatic carbocycles. The van der Waals surface area contributed by atoms with Crippen molar-refractivity contribution in [2.24, 2.45) is 4.99 Å². The first-order chi connectivity index (χ1) is 16.2. The molecule has 178 valence electrons. The molecule has 3 aromatic carbocycles. The van der Waals surface area contributed by atoms with Crippen molar-refractivity contribution < 1.29 is 4.74 Å². The van der Waals surface area contributed by atoms with Gasteiger partial charge in [0.15, 0.2) is 5.17 Å². The van der Waals surface area contributed by atoms with Crippen molar-refractivity contribution in [1.29, 1.82) is 0 Å². The number of hydrogen-bond donors (Lipinski definition) is 1. The van der Waals surface area contributed by atoms with Gasteiger partial charge >= 0.3 is 0 Å². The fraction of sp³-hybridized carbons (Fsp3) is 0.296. The smallest absolute Gasteiger partial charge is 0.181 e. The highest BCUT2D eigenvalue weighted by Gasteiger charge is 2.30. The lowest BCUT2D eigenvalue weighted by molar-refractivity contribution is 0.309. The van der Waals surface area contributed by atoms with E-state index in [4.69, 9.17) is 32.9 Å². The molecule has 0 radical (unpaired) electrons. The van der Waals surface area contributed by atoms with Crippen molar-refractivity contribution in [3.05, 3.63) is 93.5 Å². The second-order valence-corrected chi connectivity index (χ2v) is 11.0. The van der Waals surface area contributed by atoms with Crippen molar-refractivity contribution >= 4 is 45.8 Å². The largest absolute Gasteiger partial charge is 0.494 e. The monoisotopic (exact) mass is 513 g/mol. The van der Waals surface area contributed by atoms with Gasteiger partial charge in [-0.15, -0.1) is 0 Å². The Bertz CT molecular complexity index is 1180. The minimum atomic E-state index is 0.00998. The van der Waals surface area contributed by atoms with E-state index in [1.165, 1.54) is 11.1 Å². The molecule has 1 N–H and O–H groups in total. The summed E-state index contributed by atoms with van der Waals surface area (Å²) in [6.07, 6.45) is 0. The van der Waals surface area contributed by atoms with Crippen LogP contribution in [0.15, 0.2) is 71.7 Å². The fourth-order valence-corrected chi connectivity index (χ4v) is 4.99. The molecule has 4 rings (SSSR count). The first kappa shape index (κ1) is 24.9. The van der Waals surface area contributed by atoms with Crippen LogP contribution in [0.25, 0.3) is 0 Å². The van der Waals surface area contributed by atoms with Gasteiger partial charge < -0.3 is 4.74 Å². The van der Waals surface area contributed by atoms with Crippen molar-refractivity contribution in [2.45, 2.75) is 45.0 Å². The summed E-state index contributed by atoms with van der Waals surface area (Å²) in [4.78, 5) is 4.90. The standard InChI is InChI=1S/C27H29Cl2N3OS/c1-5-33-22-8-6-7-19(15-22)25-31-32(17-18-9-11-20(12-10-18)27(2,3)4)26(34-25)30-21-13-14-23(28)24(29)16-21/h6-16,25,31H,5,17H2,1-4H3. The molecule has 1 saturated heterocycles. The van der Waals surface area contributed by atoms with Gasteiger partial charge in [-0.1, -0.05) is 92.1 Å². The Labute approximate surface area is 216 Å². The molecule has 7 heteroatoms. The molecule has 4 nitrogen and oxygen atoms in total. The lowest BCUT2D eigenvalue weighted by atomic mass is 9.87. The second-order valence-electron chi connectivity index (χ2n) is 9.16. The van der Waals surface area contributed by atoms with E-state index >= 15 is 0 Å². The highest BCUT2D eigenvalue weighted by atomic mass is 35.5. The van der Waals surface area contributed by atoms with Crippen LogP contribution >= 0.6 is 35.0 Å². The molecule has 1 fully saturated rings. The lowest BCUT2D eigenvalue weighted by Crippen LogP contribution is -2.34. The summed E-state index contributed by atoms with van der Waals surface area (Å²) in [6.45, 7) is 9.98. The summed E-state index contributed by atoms with van der Waals surface area (Å²) in [6, 6.07) is 22.4. The van der Waals surface area contributed by atoms with E-state index in [0.717, 1.165) is 22.2 Å². The maximum Gasteiger partial charge on any atom is 0.181 e. The fourth-order valence-electron chi connectivity index (χ4n) is 3.63. The van der Waals surface area contributed by atoms with Gasteiger partial charge in [0, 0.05) is 0 Å². The SMILES string of the molecule is CCOc1cccc(C2NN(Cc3ccc(C(C)(C)C)cc3)C(=Nc3ccc(Cl)c(Cl)c3)S2)c1. The molecule has 1 atom stereocenters. The maximum absolute atomic E-state index is 6.24. The summed E-state index contributed by atoms with van der Waals surface area (Å²) < 4.78 is 5.71. The van der Waals surface area contributed by atoms with Crippen LogP contribution in [0.2, 0.25) is 10.0 Å². The predicted molar refractivity (Wildman–Crippen MR) is 145 cm³/mol. The zero-order chi connectivity index (χ0) is 24.3. The number of nitrogens with zero attached hydrogens (tertiary/aromatic N) is 2. The Morgan fingerprint density at radius 2 is 1.76 bits per heavy atom. The van der Waals surface area contributed by atoms with Crippen molar-refractivity contribution in [3.8, 4) is 5.75 Å². The minimum absolute atomic E-state index is 0.00998. The van der Waals surface area contributed by atoms with Gasteiger partial charge in [-0.05, 0) is 59.4 Å². The number of halogens is 2. The lowest BCUT2D eigenvalue weighted by Gasteiger charge is -2.22. The Kier molecular flexibility index (Phi) is 7.78. The van der Waals surface area contributed by atoms with Crippen LogP contribution in [-0.4, -0.2) is 16.8 Å². The normalized spacial score (nSPS) is 17.4. The molecule has 1 unspecified atom stereocenters. The van der Waals surface area contributed by atoms with Crippen LogP contribution in [-0.2, 0) is 12.0 Å². The molecule has 3 aromatic rings. The van der Waals surface area contributed by atoms with Crippen LogP contribution in [0.3, 0.4) is 0 Å². The Morgan fingerprint density at radius 3 is 2.44 bits per heavy atom. The van der Waals surface area contributed by atoms with Crippen molar-refractivity contribution in [1.82, 2.24) is 10.4 Å². The molecule has 0 bridgehead atoms. The molecule has 0 saturated carbocycles. The van der Waals surface area contributed by atoms with E-state index in [1.807, 2.05) is 25.1 Å². The number of amidine groups is 1. The van der Waals surface area contributed by atoms with Gasteiger partial charge in [-0.3, -0.25) is 5.01 Å². The van der Waals surface area contributed by atoms with Crippen LogP contribution in [0.5, 0.6) is 5.75 Å². The summed E-state index contributed by atoms with van der Waals surface area (Å²) in [7, 11) is 0. The van der Waals surface area contributed by atoms with Gasteiger partial charge in [-0.2, -0.15) is 0 Å². The number of benzene rings is 3. The quantitative estimate of drug-likeness (QED) is 0.360. The number of rotatable bonds is 6. The van der Waals surface area contributed by atoms with Crippen LogP contribution < -0.4 is 10.2 Å². The summed E-state index contributed by atoms with van der Waals surface area (Å²) in [5, 5.41) is 3.98. The summed E-state index contributed by atoms with van der Waals surface area (Å²) >= 11 is 14.0. The molecule has 0 aromatic heterocycles. The summed E-state index contributed by atoms with van der Waals surface area (Å²) in [5.41, 5.74) is 8.14. The predicted octanol–water partition coefficient (Wildman–Crippen LogP) is 8.13. The topological polar surface area (TPSA) is 36.9 Å². The van der Waals surface area contributed by atoms with Crippen LogP contribution in [0, 0.1) is 0 Å². The van der Waals surface area contributed by atoms with Gasteiger partial charge in [0.25, 0.3) is 0 Å². The zero-order valence-electron chi connectivity index (χ0n) is 19.8. The summed E-state index contributed by atoms with van der Waals surface area (Å²) in [5.74, 6) is 0.863. The molecule has 0 spiro atoms. The van der Waals surface area contributed by atoms with Gasteiger partial charge in [-0.25, -0.2) is 10.4 Å². The number of aliphatic imine (C=N–C) groups is 1. The number of hydrazine groups is 1. The molecular weight excluding hydrogens is 485 g/mol. The van der Waals surface area contributed by atoms with Gasteiger partial charge in [0.2, 0.25) is 0 Å².